The fourth-order valence-electron chi connectivity index (χ4n) is 2.45. The number of hydrogen-bond donors (Lipinski definition) is 2. The molecule has 2 N–H and O–H groups in total. The summed E-state index contributed by atoms with van der Waals surface area (Å²) in [6.45, 7) is 3.14. The molecule has 0 spiro atoms. The lowest BCUT2D eigenvalue weighted by atomic mass is 10.1. The smallest absolute Gasteiger partial charge is 0.270 e. The van der Waals surface area contributed by atoms with Crippen LogP contribution in [0.25, 0.3) is 0 Å². The zero-order chi connectivity index (χ0) is 18.4. The number of aryl methyl sites for hydroxylation is 1. The van der Waals surface area contributed by atoms with Gasteiger partial charge in [0.05, 0.1) is 11.9 Å². The van der Waals surface area contributed by atoms with Crippen molar-refractivity contribution in [2.24, 2.45) is 0 Å². The predicted molar refractivity (Wildman–Crippen MR) is 105 cm³/mol. The van der Waals surface area contributed by atoms with Gasteiger partial charge in [-0.15, -0.1) is 0 Å². The molecule has 132 valence electrons. The highest BCUT2D eigenvalue weighted by Crippen LogP contribution is 2.15. The van der Waals surface area contributed by atoms with Crippen LogP contribution in [-0.2, 0) is 13.1 Å². The molecule has 0 aliphatic heterocycles. The van der Waals surface area contributed by atoms with Crippen LogP contribution >= 0.6 is 11.6 Å². The molecule has 0 saturated heterocycles. The summed E-state index contributed by atoms with van der Waals surface area (Å²) in [6.07, 6.45) is 1.67. The van der Waals surface area contributed by atoms with Gasteiger partial charge in [-0.3, -0.25) is 4.79 Å². The lowest BCUT2D eigenvalue weighted by Gasteiger charge is -2.09. The van der Waals surface area contributed by atoms with E-state index in [1.807, 2.05) is 24.3 Å². The van der Waals surface area contributed by atoms with Crippen LogP contribution in [0.1, 0.15) is 27.2 Å². The number of halogens is 1. The maximum Gasteiger partial charge on any atom is 0.270 e. The minimum atomic E-state index is -0.227. The molecule has 0 aliphatic carbocycles. The maximum atomic E-state index is 12.2. The van der Waals surface area contributed by atoms with Gasteiger partial charge in [-0.25, -0.2) is 4.98 Å². The number of pyridine rings is 1. The average molecular weight is 366 g/mol. The van der Waals surface area contributed by atoms with E-state index in [0.717, 1.165) is 11.3 Å². The van der Waals surface area contributed by atoms with Crippen LogP contribution in [0.4, 0.5) is 5.69 Å². The summed E-state index contributed by atoms with van der Waals surface area (Å²) in [4.78, 5) is 16.4. The topological polar surface area (TPSA) is 54.0 Å². The first-order valence-corrected chi connectivity index (χ1v) is 8.77. The fourth-order valence-corrected chi connectivity index (χ4v) is 2.65. The molecule has 4 nitrogen and oxygen atoms in total. The molecule has 0 bridgehead atoms. The Hall–Kier alpha value is -2.85. The third kappa shape index (κ3) is 4.83. The van der Waals surface area contributed by atoms with E-state index in [0.29, 0.717) is 23.8 Å². The van der Waals surface area contributed by atoms with Crippen molar-refractivity contribution in [3.05, 3.63) is 94.3 Å². The average Bonchev–Trinajstić information content (AvgIpc) is 2.67. The van der Waals surface area contributed by atoms with E-state index in [-0.39, 0.29) is 5.91 Å². The molecule has 3 rings (SSSR count). The first-order chi connectivity index (χ1) is 12.6. The van der Waals surface area contributed by atoms with E-state index in [1.54, 1.807) is 18.3 Å². The standard InChI is InChI=1S/C21H20ClN3O/c1-15-6-8-16(9-7-15)12-23-18-10-11-20(24-14-18)21(26)25-13-17-4-2-3-5-19(17)22/h2-11,14,23H,12-13H2,1H3,(H,25,26). The van der Waals surface area contributed by atoms with Gasteiger partial charge in [-0.05, 0) is 36.2 Å². The van der Waals surface area contributed by atoms with Gasteiger partial charge in [-0.2, -0.15) is 0 Å². The first kappa shape index (κ1) is 18.0. The second-order valence-corrected chi connectivity index (χ2v) is 6.45. The summed E-state index contributed by atoms with van der Waals surface area (Å²) in [5, 5.41) is 6.77. The van der Waals surface area contributed by atoms with E-state index in [9.17, 15) is 4.79 Å². The Bertz CT molecular complexity index is 877. The molecule has 0 radical (unpaired) electrons. The molecular weight excluding hydrogens is 346 g/mol. The third-order valence-electron chi connectivity index (χ3n) is 4.01. The van der Waals surface area contributed by atoms with E-state index in [4.69, 9.17) is 11.6 Å². The Balaban J connectivity index is 1.54. The number of carbonyl (C=O) groups is 1. The molecule has 1 amide bonds. The van der Waals surface area contributed by atoms with E-state index in [2.05, 4.69) is 46.8 Å². The molecule has 26 heavy (non-hydrogen) atoms. The zero-order valence-corrected chi connectivity index (χ0v) is 15.3. The second-order valence-electron chi connectivity index (χ2n) is 6.05. The number of carbonyl (C=O) groups excluding carboxylic acids is 1. The summed E-state index contributed by atoms with van der Waals surface area (Å²) in [6, 6.07) is 19.3. The van der Waals surface area contributed by atoms with E-state index >= 15 is 0 Å². The van der Waals surface area contributed by atoms with Gasteiger partial charge in [0, 0.05) is 18.1 Å². The molecule has 1 aromatic heterocycles. The van der Waals surface area contributed by atoms with Crippen LogP contribution in [0.3, 0.4) is 0 Å². The summed E-state index contributed by atoms with van der Waals surface area (Å²) in [7, 11) is 0. The quantitative estimate of drug-likeness (QED) is 0.672. The molecule has 5 heteroatoms. The van der Waals surface area contributed by atoms with Crippen LogP contribution in [0.15, 0.2) is 66.9 Å². The van der Waals surface area contributed by atoms with Crippen molar-refractivity contribution in [1.82, 2.24) is 10.3 Å². The van der Waals surface area contributed by atoms with Crippen molar-refractivity contribution < 1.29 is 4.79 Å². The van der Waals surface area contributed by atoms with Crippen LogP contribution in [-0.4, -0.2) is 10.9 Å². The van der Waals surface area contributed by atoms with Crippen molar-refractivity contribution in [2.75, 3.05) is 5.32 Å². The Morgan fingerprint density at radius 3 is 2.46 bits per heavy atom. The molecule has 0 aliphatic rings. The van der Waals surface area contributed by atoms with Gasteiger partial charge in [0.1, 0.15) is 5.69 Å². The van der Waals surface area contributed by atoms with Gasteiger partial charge in [0.25, 0.3) is 5.91 Å². The molecule has 0 unspecified atom stereocenters. The Kier molecular flexibility index (Phi) is 5.87. The lowest BCUT2D eigenvalue weighted by Crippen LogP contribution is -2.23. The van der Waals surface area contributed by atoms with Gasteiger partial charge in [0.15, 0.2) is 0 Å². The fraction of sp³-hybridized carbons (Fsp3) is 0.143. The highest BCUT2D eigenvalue weighted by Gasteiger charge is 2.08. The minimum absolute atomic E-state index is 0.227. The van der Waals surface area contributed by atoms with Gasteiger partial charge >= 0.3 is 0 Å². The van der Waals surface area contributed by atoms with Crippen molar-refractivity contribution >= 4 is 23.2 Å². The first-order valence-electron chi connectivity index (χ1n) is 8.39. The van der Waals surface area contributed by atoms with Gasteiger partial charge in [0.2, 0.25) is 0 Å². The molecule has 0 saturated carbocycles. The van der Waals surface area contributed by atoms with Gasteiger partial charge < -0.3 is 10.6 Å². The minimum Gasteiger partial charge on any atom is -0.380 e. The molecule has 1 heterocycles. The number of aromatic nitrogens is 1. The molecule has 2 aromatic carbocycles. The Morgan fingerprint density at radius 2 is 1.77 bits per heavy atom. The highest BCUT2D eigenvalue weighted by molar-refractivity contribution is 6.31. The molecule has 0 atom stereocenters. The Labute approximate surface area is 158 Å². The zero-order valence-electron chi connectivity index (χ0n) is 14.5. The maximum absolute atomic E-state index is 12.2. The van der Waals surface area contributed by atoms with Crippen LogP contribution in [0.5, 0.6) is 0 Å². The highest BCUT2D eigenvalue weighted by atomic mass is 35.5. The SMILES string of the molecule is Cc1ccc(CNc2ccc(C(=O)NCc3ccccc3Cl)nc2)cc1. The van der Waals surface area contributed by atoms with Crippen molar-refractivity contribution in [2.45, 2.75) is 20.0 Å². The molecule has 3 aromatic rings. The number of amides is 1. The molecule has 0 fully saturated rings. The van der Waals surface area contributed by atoms with E-state index in [1.165, 1.54) is 11.1 Å². The normalized spacial score (nSPS) is 10.4. The van der Waals surface area contributed by atoms with E-state index < -0.39 is 0 Å². The van der Waals surface area contributed by atoms with Crippen LogP contribution < -0.4 is 10.6 Å². The van der Waals surface area contributed by atoms with Crippen molar-refractivity contribution in [3.8, 4) is 0 Å². The second kappa shape index (κ2) is 8.50. The summed E-state index contributed by atoms with van der Waals surface area (Å²) in [5.41, 5.74) is 4.55. The molecular formula is C21H20ClN3O. The lowest BCUT2D eigenvalue weighted by molar-refractivity contribution is 0.0946. The van der Waals surface area contributed by atoms with Crippen molar-refractivity contribution in [3.63, 3.8) is 0 Å². The summed E-state index contributed by atoms with van der Waals surface area (Å²) in [5.74, 6) is -0.227. The number of hydrogen-bond acceptors (Lipinski definition) is 3. The largest absolute Gasteiger partial charge is 0.380 e. The van der Waals surface area contributed by atoms with Crippen LogP contribution in [0.2, 0.25) is 5.02 Å². The number of nitrogens with one attached hydrogen (secondary N) is 2. The Morgan fingerprint density at radius 1 is 1.00 bits per heavy atom. The number of nitrogens with zero attached hydrogens (tertiary/aromatic N) is 1. The third-order valence-corrected chi connectivity index (χ3v) is 4.38. The van der Waals surface area contributed by atoms with Gasteiger partial charge in [-0.1, -0.05) is 59.6 Å². The summed E-state index contributed by atoms with van der Waals surface area (Å²) < 4.78 is 0. The summed E-state index contributed by atoms with van der Waals surface area (Å²) >= 11 is 6.09. The predicted octanol–water partition coefficient (Wildman–Crippen LogP) is 4.59. The monoisotopic (exact) mass is 365 g/mol. The number of rotatable bonds is 6. The van der Waals surface area contributed by atoms with Crippen molar-refractivity contribution in [1.29, 1.82) is 0 Å². The number of benzene rings is 2. The number of anilines is 1. The van der Waals surface area contributed by atoms with Crippen LogP contribution in [0, 0.1) is 6.92 Å².